The Bertz CT molecular complexity index is 1650. The number of carbonyl (C=O) groups is 3. The van der Waals surface area contributed by atoms with Gasteiger partial charge in [-0.3, -0.25) is 14.4 Å². The molecule has 0 fully saturated rings. The lowest BCUT2D eigenvalue weighted by Crippen LogP contribution is -2.30. The summed E-state index contributed by atoms with van der Waals surface area (Å²) in [7, 11) is 0. The van der Waals surface area contributed by atoms with Crippen LogP contribution in [0.2, 0.25) is 0 Å². The SMILES string of the molecule is CC/C=C\C/C=C\C/C=C\C/C=C\C/C=C\C/C=C\C/C=C\CCCCCCCCCC(=O)OCC(COC(=O)CCCCCCC/C=C\CCCCCC)OC(=O)CCCCCCCCC/C=C\C/C=C\C/C=C\CC. The minimum atomic E-state index is -0.797. The highest BCUT2D eigenvalue weighted by Crippen LogP contribution is 2.15. The van der Waals surface area contributed by atoms with Gasteiger partial charge < -0.3 is 14.2 Å². The Hall–Kier alpha value is -4.45. The number of hydrogen-bond acceptors (Lipinski definition) is 6. The maximum atomic E-state index is 12.9. The first-order chi connectivity index (χ1) is 38.0. The first kappa shape index (κ1) is 72.5. The van der Waals surface area contributed by atoms with Crippen LogP contribution in [0.3, 0.4) is 0 Å². The van der Waals surface area contributed by atoms with E-state index in [9.17, 15) is 14.4 Å². The monoisotopic (exact) mass is 1060 g/mol. The van der Waals surface area contributed by atoms with Gasteiger partial charge in [0.25, 0.3) is 0 Å². The van der Waals surface area contributed by atoms with Crippen molar-refractivity contribution in [2.75, 3.05) is 13.2 Å². The summed E-state index contributed by atoms with van der Waals surface area (Å²) >= 11 is 0. The van der Waals surface area contributed by atoms with E-state index < -0.39 is 6.10 Å². The fourth-order valence-electron chi connectivity index (χ4n) is 8.43. The van der Waals surface area contributed by atoms with Gasteiger partial charge in [0.15, 0.2) is 6.10 Å². The quantitative estimate of drug-likeness (QED) is 0.0261. The molecule has 0 N–H and O–H groups in total. The number of esters is 3. The summed E-state index contributed by atoms with van der Waals surface area (Å²) in [6.45, 7) is 6.38. The van der Waals surface area contributed by atoms with Crippen molar-refractivity contribution >= 4 is 17.9 Å². The van der Waals surface area contributed by atoms with Crippen LogP contribution in [0.15, 0.2) is 134 Å². The fraction of sp³-hybridized carbons (Fsp3) is 0.648. The molecule has 77 heavy (non-hydrogen) atoms. The van der Waals surface area contributed by atoms with Crippen molar-refractivity contribution in [3.63, 3.8) is 0 Å². The molecule has 0 radical (unpaired) electrons. The molecule has 0 aromatic carbocycles. The molecule has 0 amide bonds. The van der Waals surface area contributed by atoms with Gasteiger partial charge in [-0.25, -0.2) is 0 Å². The van der Waals surface area contributed by atoms with Crippen LogP contribution in [0.4, 0.5) is 0 Å². The average Bonchev–Trinajstić information content (AvgIpc) is 3.43. The van der Waals surface area contributed by atoms with Crippen molar-refractivity contribution in [1.82, 2.24) is 0 Å². The molecule has 0 heterocycles. The minimum Gasteiger partial charge on any atom is -0.462 e. The number of unbranched alkanes of at least 4 members (excludes halogenated alkanes) is 23. The van der Waals surface area contributed by atoms with Crippen LogP contribution in [-0.2, 0) is 28.6 Å². The van der Waals surface area contributed by atoms with Gasteiger partial charge in [-0.15, -0.1) is 0 Å². The zero-order chi connectivity index (χ0) is 55.7. The topological polar surface area (TPSA) is 78.9 Å². The van der Waals surface area contributed by atoms with Crippen LogP contribution in [0.1, 0.15) is 278 Å². The number of carbonyl (C=O) groups excluding carboxylic acids is 3. The molecule has 0 aliphatic rings. The van der Waals surface area contributed by atoms with Crippen molar-refractivity contribution in [2.45, 2.75) is 284 Å². The standard InChI is InChI=1S/C71H116O6/c1-4-7-10-13-16-19-22-25-27-29-30-31-32-33-34-35-36-37-38-39-40-42-43-46-49-52-55-58-61-64-70(73)76-67-68(66-75-69(72)63-60-57-54-51-48-45-24-21-18-15-12-9-6-3)77-71(74)65-62-59-56-53-50-47-44-41-28-26-23-20-17-14-11-8-5-2/h7-8,10-11,16-17,19-21,24-28,30-31,33-34,36-37,39-40,68H,4-6,9,12-15,18,22-23,29,32,35,38,41-67H2,1-3H3/b10-7-,11-8-,19-16-,20-17-,24-21-,27-25-,28-26-,31-30-,34-33-,37-36-,40-39-. The Morgan fingerprint density at radius 1 is 0.273 bits per heavy atom. The molecule has 1 atom stereocenters. The van der Waals surface area contributed by atoms with Crippen LogP contribution >= 0.6 is 0 Å². The Balaban J connectivity index is 4.36. The Labute approximate surface area is 475 Å². The molecule has 0 aromatic heterocycles. The van der Waals surface area contributed by atoms with Crippen LogP contribution in [0.5, 0.6) is 0 Å². The smallest absolute Gasteiger partial charge is 0.306 e. The molecule has 0 aliphatic carbocycles. The lowest BCUT2D eigenvalue weighted by molar-refractivity contribution is -0.167. The van der Waals surface area contributed by atoms with Gasteiger partial charge in [0.2, 0.25) is 0 Å². The summed E-state index contributed by atoms with van der Waals surface area (Å²) in [5.41, 5.74) is 0. The van der Waals surface area contributed by atoms with Gasteiger partial charge in [-0.05, 0) is 135 Å². The highest BCUT2D eigenvalue weighted by Gasteiger charge is 2.19. The minimum absolute atomic E-state index is 0.0928. The second-order valence-electron chi connectivity index (χ2n) is 20.5. The van der Waals surface area contributed by atoms with Crippen molar-refractivity contribution in [2.24, 2.45) is 0 Å². The summed E-state index contributed by atoms with van der Waals surface area (Å²) in [4.78, 5) is 38.3. The number of rotatable bonds is 56. The van der Waals surface area contributed by atoms with Crippen LogP contribution in [0, 0.1) is 0 Å². The largest absolute Gasteiger partial charge is 0.462 e. The van der Waals surface area contributed by atoms with Crippen LogP contribution in [-0.4, -0.2) is 37.2 Å². The Morgan fingerprint density at radius 2 is 0.506 bits per heavy atom. The predicted molar refractivity (Wildman–Crippen MR) is 334 cm³/mol. The second-order valence-corrected chi connectivity index (χ2v) is 20.5. The van der Waals surface area contributed by atoms with E-state index in [1.165, 1.54) is 96.3 Å². The molecule has 0 bridgehead atoms. The van der Waals surface area contributed by atoms with E-state index in [0.717, 1.165) is 141 Å². The van der Waals surface area contributed by atoms with Gasteiger partial charge in [-0.2, -0.15) is 0 Å². The molecule has 0 aliphatic heterocycles. The van der Waals surface area contributed by atoms with Gasteiger partial charge >= 0.3 is 17.9 Å². The molecule has 6 heteroatoms. The molecule has 0 aromatic rings. The molecular weight excluding hydrogens is 949 g/mol. The normalized spacial score (nSPS) is 13.0. The summed E-state index contributed by atoms with van der Waals surface area (Å²) in [6.07, 6.45) is 90.2. The number of ether oxygens (including phenoxy) is 3. The van der Waals surface area contributed by atoms with Crippen molar-refractivity contribution < 1.29 is 28.6 Å². The van der Waals surface area contributed by atoms with Crippen molar-refractivity contribution in [3.05, 3.63) is 134 Å². The summed E-state index contributed by atoms with van der Waals surface area (Å²) < 4.78 is 16.9. The van der Waals surface area contributed by atoms with E-state index >= 15 is 0 Å². The van der Waals surface area contributed by atoms with Crippen molar-refractivity contribution in [1.29, 1.82) is 0 Å². The summed E-state index contributed by atoms with van der Waals surface area (Å²) in [5.74, 6) is -0.921. The third-order valence-electron chi connectivity index (χ3n) is 13.1. The molecule has 0 saturated heterocycles. The van der Waals surface area contributed by atoms with Crippen LogP contribution in [0.25, 0.3) is 0 Å². The first-order valence-corrected chi connectivity index (χ1v) is 31.7. The second kappa shape index (κ2) is 64.1. The van der Waals surface area contributed by atoms with Gasteiger partial charge in [0.1, 0.15) is 13.2 Å². The molecule has 0 rings (SSSR count). The van der Waals surface area contributed by atoms with E-state index in [-0.39, 0.29) is 31.1 Å². The van der Waals surface area contributed by atoms with E-state index in [4.69, 9.17) is 14.2 Å². The average molecular weight is 1070 g/mol. The first-order valence-electron chi connectivity index (χ1n) is 31.7. The van der Waals surface area contributed by atoms with Gasteiger partial charge in [0.05, 0.1) is 0 Å². The molecular formula is C71H116O6. The highest BCUT2D eigenvalue weighted by atomic mass is 16.6. The maximum Gasteiger partial charge on any atom is 0.306 e. The predicted octanol–water partition coefficient (Wildman–Crippen LogP) is 21.8. The summed E-state index contributed by atoms with van der Waals surface area (Å²) in [5, 5.41) is 0. The number of allylic oxidation sites excluding steroid dienone is 22. The zero-order valence-corrected chi connectivity index (χ0v) is 49.9. The van der Waals surface area contributed by atoms with Gasteiger partial charge in [0, 0.05) is 19.3 Å². The lowest BCUT2D eigenvalue weighted by atomic mass is 10.1. The third kappa shape index (κ3) is 62.3. The van der Waals surface area contributed by atoms with E-state index in [0.29, 0.717) is 19.3 Å². The Morgan fingerprint density at radius 3 is 0.805 bits per heavy atom. The van der Waals surface area contributed by atoms with E-state index in [1.807, 2.05) is 0 Å². The van der Waals surface area contributed by atoms with Gasteiger partial charge in [-0.1, -0.05) is 257 Å². The lowest BCUT2D eigenvalue weighted by Gasteiger charge is -2.18. The molecule has 0 saturated carbocycles. The van der Waals surface area contributed by atoms with Crippen molar-refractivity contribution in [3.8, 4) is 0 Å². The third-order valence-corrected chi connectivity index (χ3v) is 13.1. The highest BCUT2D eigenvalue weighted by molar-refractivity contribution is 5.71. The molecule has 1 unspecified atom stereocenters. The summed E-state index contributed by atoms with van der Waals surface area (Å²) in [6, 6.07) is 0. The van der Waals surface area contributed by atoms with Crippen LogP contribution < -0.4 is 0 Å². The van der Waals surface area contributed by atoms with E-state index in [2.05, 4.69) is 154 Å². The number of hydrogen-bond donors (Lipinski definition) is 0. The molecule has 436 valence electrons. The molecule has 0 spiro atoms. The fourth-order valence-corrected chi connectivity index (χ4v) is 8.43. The zero-order valence-electron chi connectivity index (χ0n) is 49.9. The van der Waals surface area contributed by atoms with E-state index in [1.54, 1.807) is 0 Å². The maximum absolute atomic E-state index is 12.9. The Kier molecular flexibility index (Phi) is 60.4. The molecule has 6 nitrogen and oxygen atoms in total.